The van der Waals surface area contributed by atoms with E-state index in [0.717, 1.165) is 18.8 Å². The zero-order valence-corrected chi connectivity index (χ0v) is 12.6. The van der Waals surface area contributed by atoms with Crippen molar-refractivity contribution in [1.29, 1.82) is 0 Å². The van der Waals surface area contributed by atoms with Gasteiger partial charge >= 0.3 is 0 Å². The van der Waals surface area contributed by atoms with Crippen LogP contribution in [0.25, 0.3) is 0 Å². The average Bonchev–Trinajstić information content (AvgIpc) is 2.32. The number of benzene rings is 1. The SMILES string of the molecule is CC1CCC(NC(=O)c2ccc(N)cc2Cl)CC1.Cl. The van der Waals surface area contributed by atoms with Gasteiger partial charge < -0.3 is 11.1 Å². The lowest BCUT2D eigenvalue weighted by molar-refractivity contribution is 0.0923. The second kappa shape index (κ2) is 7.01. The molecule has 0 heterocycles. The summed E-state index contributed by atoms with van der Waals surface area (Å²) < 4.78 is 0. The molecule has 0 aromatic heterocycles. The summed E-state index contributed by atoms with van der Waals surface area (Å²) in [7, 11) is 0. The summed E-state index contributed by atoms with van der Waals surface area (Å²) in [6.07, 6.45) is 4.47. The van der Waals surface area contributed by atoms with Crippen molar-refractivity contribution >= 4 is 35.6 Å². The second-order valence-electron chi connectivity index (χ2n) is 5.17. The maximum atomic E-state index is 12.1. The van der Waals surface area contributed by atoms with Crippen LogP contribution in [-0.2, 0) is 0 Å². The molecule has 0 aliphatic heterocycles. The molecule has 5 heteroatoms. The summed E-state index contributed by atoms with van der Waals surface area (Å²) in [6.45, 7) is 2.26. The number of anilines is 1. The highest BCUT2D eigenvalue weighted by Crippen LogP contribution is 2.24. The Morgan fingerprint density at radius 3 is 2.53 bits per heavy atom. The number of halogens is 2. The first kappa shape index (κ1) is 16.1. The van der Waals surface area contributed by atoms with Gasteiger partial charge in [0.25, 0.3) is 5.91 Å². The molecule has 1 aliphatic carbocycles. The van der Waals surface area contributed by atoms with Crippen LogP contribution in [0.1, 0.15) is 43.0 Å². The molecule has 0 bridgehead atoms. The summed E-state index contributed by atoms with van der Waals surface area (Å²) in [5.74, 6) is 0.679. The standard InChI is InChI=1S/C14H19ClN2O.ClH/c1-9-2-5-11(6-3-9)17-14(18)12-7-4-10(16)8-13(12)15;/h4,7-9,11H,2-3,5-6,16H2,1H3,(H,17,18);1H. The first-order valence-corrected chi connectivity index (χ1v) is 6.80. The van der Waals surface area contributed by atoms with Gasteiger partial charge in [0, 0.05) is 11.7 Å². The van der Waals surface area contributed by atoms with Gasteiger partial charge in [-0.05, 0) is 49.8 Å². The fourth-order valence-electron chi connectivity index (χ4n) is 2.38. The van der Waals surface area contributed by atoms with E-state index in [1.54, 1.807) is 18.2 Å². The molecule has 0 radical (unpaired) electrons. The minimum atomic E-state index is -0.0976. The molecule has 106 valence electrons. The van der Waals surface area contributed by atoms with E-state index in [-0.39, 0.29) is 24.4 Å². The highest BCUT2D eigenvalue weighted by Gasteiger charge is 2.21. The van der Waals surface area contributed by atoms with Gasteiger partial charge in [-0.3, -0.25) is 4.79 Å². The average molecular weight is 303 g/mol. The maximum Gasteiger partial charge on any atom is 0.253 e. The zero-order valence-electron chi connectivity index (χ0n) is 11.0. The van der Waals surface area contributed by atoms with E-state index in [4.69, 9.17) is 17.3 Å². The van der Waals surface area contributed by atoms with E-state index in [2.05, 4.69) is 12.2 Å². The third-order valence-corrected chi connectivity index (χ3v) is 3.90. The molecular weight excluding hydrogens is 283 g/mol. The summed E-state index contributed by atoms with van der Waals surface area (Å²) in [5, 5.41) is 3.47. The Morgan fingerprint density at radius 1 is 1.32 bits per heavy atom. The number of hydrogen-bond donors (Lipinski definition) is 2. The third kappa shape index (κ3) is 4.29. The van der Waals surface area contributed by atoms with E-state index in [1.165, 1.54) is 12.8 Å². The van der Waals surface area contributed by atoms with E-state index in [1.807, 2.05) is 0 Å². The molecule has 1 fully saturated rings. The van der Waals surface area contributed by atoms with Crippen molar-refractivity contribution in [3.05, 3.63) is 28.8 Å². The Hall–Kier alpha value is -0.930. The topological polar surface area (TPSA) is 55.1 Å². The van der Waals surface area contributed by atoms with Crippen LogP contribution in [0.3, 0.4) is 0 Å². The smallest absolute Gasteiger partial charge is 0.253 e. The maximum absolute atomic E-state index is 12.1. The predicted octanol–water partition coefficient (Wildman–Crippen LogP) is 3.65. The number of hydrogen-bond acceptors (Lipinski definition) is 2. The molecule has 0 atom stereocenters. The highest BCUT2D eigenvalue weighted by molar-refractivity contribution is 6.34. The minimum Gasteiger partial charge on any atom is -0.399 e. The van der Waals surface area contributed by atoms with Crippen molar-refractivity contribution in [2.24, 2.45) is 5.92 Å². The molecule has 1 amide bonds. The van der Waals surface area contributed by atoms with Gasteiger partial charge in [0.1, 0.15) is 0 Å². The molecule has 1 aromatic carbocycles. The second-order valence-corrected chi connectivity index (χ2v) is 5.58. The van der Waals surface area contributed by atoms with Gasteiger partial charge in [-0.15, -0.1) is 12.4 Å². The molecule has 3 N–H and O–H groups in total. The molecule has 19 heavy (non-hydrogen) atoms. The molecule has 3 nitrogen and oxygen atoms in total. The Kier molecular flexibility index (Phi) is 5.95. The Bertz CT molecular complexity index is 443. The first-order valence-electron chi connectivity index (χ1n) is 6.42. The van der Waals surface area contributed by atoms with Gasteiger partial charge in [-0.2, -0.15) is 0 Å². The van der Waals surface area contributed by atoms with Crippen molar-refractivity contribution in [3.8, 4) is 0 Å². The van der Waals surface area contributed by atoms with E-state index in [0.29, 0.717) is 16.3 Å². The predicted molar refractivity (Wildman–Crippen MR) is 82.0 cm³/mol. The third-order valence-electron chi connectivity index (χ3n) is 3.59. The van der Waals surface area contributed by atoms with E-state index < -0.39 is 0 Å². The highest BCUT2D eigenvalue weighted by atomic mass is 35.5. The fourth-order valence-corrected chi connectivity index (χ4v) is 2.66. The largest absolute Gasteiger partial charge is 0.399 e. The number of nitrogen functional groups attached to an aromatic ring is 1. The monoisotopic (exact) mass is 302 g/mol. The van der Waals surface area contributed by atoms with Crippen LogP contribution in [0.5, 0.6) is 0 Å². The van der Waals surface area contributed by atoms with Crippen LogP contribution < -0.4 is 11.1 Å². The van der Waals surface area contributed by atoms with Gasteiger partial charge in [-0.25, -0.2) is 0 Å². The summed E-state index contributed by atoms with van der Waals surface area (Å²) in [5.41, 5.74) is 6.69. The molecule has 0 unspecified atom stereocenters. The van der Waals surface area contributed by atoms with Crippen molar-refractivity contribution in [2.45, 2.75) is 38.6 Å². The molecule has 0 spiro atoms. The molecule has 1 saturated carbocycles. The van der Waals surface area contributed by atoms with Crippen molar-refractivity contribution in [3.63, 3.8) is 0 Å². The van der Waals surface area contributed by atoms with Gasteiger partial charge in [0.15, 0.2) is 0 Å². The number of carbonyl (C=O) groups excluding carboxylic acids is 1. The quantitative estimate of drug-likeness (QED) is 0.819. The normalized spacial score (nSPS) is 22.4. The van der Waals surface area contributed by atoms with Crippen LogP contribution in [0.15, 0.2) is 18.2 Å². The van der Waals surface area contributed by atoms with Crippen molar-refractivity contribution < 1.29 is 4.79 Å². The van der Waals surface area contributed by atoms with Gasteiger partial charge in [-0.1, -0.05) is 18.5 Å². The van der Waals surface area contributed by atoms with Gasteiger partial charge in [0.2, 0.25) is 0 Å². The fraction of sp³-hybridized carbons (Fsp3) is 0.500. The Balaban J connectivity index is 0.00000180. The molecule has 0 saturated heterocycles. The van der Waals surface area contributed by atoms with Crippen LogP contribution in [0.2, 0.25) is 5.02 Å². The Morgan fingerprint density at radius 2 is 1.95 bits per heavy atom. The lowest BCUT2D eigenvalue weighted by Crippen LogP contribution is -2.37. The molecular formula is C14H20Cl2N2O. The minimum absolute atomic E-state index is 0. The summed E-state index contributed by atoms with van der Waals surface area (Å²) >= 11 is 6.02. The number of nitrogens with two attached hydrogens (primary N) is 1. The van der Waals surface area contributed by atoms with Gasteiger partial charge in [0.05, 0.1) is 10.6 Å². The lowest BCUT2D eigenvalue weighted by Gasteiger charge is -2.27. The first-order chi connectivity index (χ1) is 8.56. The molecule has 1 aliphatic rings. The summed E-state index contributed by atoms with van der Waals surface area (Å²) in [6, 6.07) is 5.27. The zero-order chi connectivity index (χ0) is 13.1. The lowest BCUT2D eigenvalue weighted by atomic mass is 9.87. The number of carbonyl (C=O) groups is 1. The molecule has 1 aromatic rings. The van der Waals surface area contributed by atoms with Crippen LogP contribution in [0, 0.1) is 5.92 Å². The van der Waals surface area contributed by atoms with Crippen molar-refractivity contribution in [1.82, 2.24) is 5.32 Å². The summed E-state index contributed by atoms with van der Waals surface area (Å²) in [4.78, 5) is 12.1. The van der Waals surface area contributed by atoms with Crippen LogP contribution >= 0.6 is 24.0 Å². The van der Waals surface area contributed by atoms with E-state index >= 15 is 0 Å². The van der Waals surface area contributed by atoms with E-state index in [9.17, 15) is 4.79 Å². The Labute approximate surface area is 125 Å². The number of amides is 1. The number of rotatable bonds is 2. The number of nitrogens with one attached hydrogen (secondary N) is 1. The van der Waals surface area contributed by atoms with Crippen LogP contribution in [0.4, 0.5) is 5.69 Å². The molecule has 2 rings (SSSR count). The van der Waals surface area contributed by atoms with Crippen molar-refractivity contribution in [2.75, 3.05) is 5.73 Å². The van der Waals surface area contributed by atoms with Crippen LogP contribution in [-0.4, -0.2) is 11.9 Å².